The molecule has 0 spiro atoms. The summed E-state index contributed by atoms with van der Waals surface area (Å²) in [6.07, 6.45) is -0.0239. The van der Waals surface area contributed by atoms with E-state index in [0.717, 1.165) is 33.4 Å². The van der Waals surface area contributed by atoms with Crippen molar-refractivity contribution in [2.75, 3.05) is 37.1 Å². The van der Waals surface area contributed by atoms with Gasteiger partial charge in [0.1, 0.15) is 73.0 Å². The number of hydrogen-bond acceptors (Lipinski definition) is 14. The van der Waals surface area contributed by atoms with Gasteiger partial charge in [0.05, 0.1) is 21.4 Å². The molecule has 8 N–H and O–H groups in total. The van der Waals surface area contributed by atoms with Crippen LogP contribution in [0.4, 0.5) is 11.4 Å². The fourth-order valence-corrected chi connectivity index (χ4v) is 9.22. The van der Waals surface area contributed by atoms with E-state index in [9.17, 15) is 39.6 Å². The van der Waals surface area contributed by atoms with Crippen molar-refractivity contribution in [2.24, 2.45) is 0 Å². The number of amides is 2. The van der Waals surface area contributed by atoms with Crippen LogP contribution in [0.2, 0.25) is 10.0 Å². The summed E-state index contributed by atoms with van der Waals surface area (Å²) in [7, 11) is 0. The number of carbonyl (C=O) groups excluding carboxylic acids is 2. The van der Waals surface area contributed by atoms with Gasteiger partial charge in [0, 0.05) is 60.7 Å². The van der Waals surface area contributed by atoms with Gasteiger partial charge in [-0.2, -0.15) is 0 Å². The standard InChI is InChI=1S/C56H56Cl2N4O14/c1-31-33(25-73-49-21-47(37(19-41(49)57)23-59-45(15-17-63)55(67)68)71-27-35-9-5-13-43-53(35)75-29-51(65)61-43)7-3-11-39(31)40-12-4-8-34(32(40)2)26-74-50-22-48(38(20-42(50)58)24-60-46(16-18-64)56(69)70)72-28-36-10-6-14-44-54(36)76-30-52(66)62-44/h3-14,19-22,45-46,59-60,63-64H,15-18,23-30H2,1-2H3,(H,61,65)(H,62,66)(H,67,68)(H,69,70). The summed E-state index contributed by atoms with van der Waals surface area (Å²) in [5.41, 5.74) is 9.00. The number of aliphatic carboxylic acids is 2. The van der Waals surface area contributed by atoms with Crippen LogP contribution < -0.4 is 49.7 Å². The Balaban J connectivity index is 1.00. The zero-order valence-corrected chi connectivity index (χ0v) is 43.0. The molecule has 6 aromatic rings. The molecule has 2 unspecified atom stereocenters. The number of hydrogen-bond donors (Lipinski definition) is 8. The molecule has 0 aromatic heterocycles. The lowest BCUT2D eigenvalue weighted by molar-refractivity contribution is -0.140. The minimum Gasteiger partial charge on any atom is -0.488 e. The number of para-hydroxylation sites is 2. The van der Waals surface area contributed by atoms with Gasteiger partial charge in [-0.1, -0.05) is 83.9 Å². The molecule has 2 heterocycles. The topological polar surface area (TPSA) is 253 Å². The first-order chi connectivity index (χ1) is 36.7. The Bertz CT molecular complexity index is 2930. The van der Waals surface area contributed by atoms with Gasteiger partial charge in [-0.25, -0.2) is 0 Å². The van der Waals surface area contributed by atoms with Gasteiger partial charge in [-0.05, 0) is 84.3 Å². The molecule has 2 aliphatic heterocycles. The number of carbonyl (C=O) groups is 4. The van der Waals surface area contributed by atoms with Crippen LogP contribution in [0.25, 0.3) is 11.1 Å². The number of aliphatic hydroxyl groups excluding tert-OH is 2. The van der Waals surface area contributed by atoms with Crippen LogP contribution in [0.1, 0.15) is 57.3 Å². The van der Waals surface area contributed by atoms with Crippen molar-refractivity contribution in [1.82, 2.24) is 10.6 Å². The average molecular weight is 1080 g/mol. The largest absolute Gasteiger partial charge is 0.488 e. The van der Waals surface area contributed by atoms with E-state index < -0.39 is 24.0 Å². The van der Waals surface area contributed by atoms with Gasteiger partial charge < -0.3 is 70.1 Å². The average Bonchev–Trinajstić information content (AvgIpc) is 3.40. The number of anilines is 2. The van der Waals surface area contributed by atoms with Crippen molar-refractivity contribution in [3.63, 3.8) is 0 Å². The van der Waals surface area contributed by atoms with E-state index in [1.807, 2.05) is 62.4 Å². The predicted molar refractivity (Wildman–Crippen MR) is 283 cm³/mol. The zero-order chi connectivity index (χ0) is 53.9. The molecular formula is C56H56Cl2N4O14. The maximum Gasteiger partial charge on any atom is 0.320 e. The third kappa shape index (κ3) is 13.3. The van der Waals surface area contributed by atoms with Crippen LogP contribution in [0.15, 0.2) is 97.1 Å². The van der Waals surface area contributed by atoms with Gasteiger partial charge in [0.2, 0.25) is 0 Å². The quantitative estimate of drug-likeness (QED) is 0.0270. The lowest BCUT2D eigenvalue weighted by Gasteiger charge is -2.22. The molecule has 0 fully saturated rings. The highest BCUT2D eigenvalue weighted by Gasteiger charge is 2.25. The highest BCUT2D eigenvalue weighted by atomic mass is 35.5. The molecule has 2 aliphatic rings. The van der Waals surface area contributed by atoms with Crippen molar-refractivity contribution in [2.45, 2.75) is 78.3 Å². The Kier molecular flexibility index (Phi) is 18.2. The van der Waals surface area contributed by atoms with Crippen LogP contribution >= 0.6 is 23.2 Å². The summed E-state index contributed by atoms with van der Waals surface area (Å²) in [4.78, 5) is 47.8. The number of benzene rings is 6. The van der Waals surface area contributed by atoms with E-state index in [1.54, 1.807) is 48.5 Å². The van der Waals surface area contributed by atoms with Gasteiger partial charge in [0.15, 0.2) is 13.2 Å². The second-order valence-electron chi connectivity index (χ2n) is 17.9. The normalized spacial score (nSPS) is 13.4. The number of halogens is 2. The minimum atomic E-state index is -1.12. The Hall–Kier alpha value is -7.58. The summed E-state index contributed by atoms with van der Waals surface area (Å²) in [6.45, 7) is 3.47. The summed E-state index contributed by atoms with van der Waals surface area (Å²) < 4.78 is 37.0. The number of nitrogens with one attached hydrogen (secondary N) is 4. The number of aliphatic hydroxyl groups is 2. The van der Waals surface area contributed by atoms with Crippen LogP contribution in [0.3, 0.4) is 0 Å². The number of carboxylic acids is 2. The first kappa shape index (κ1) is 54.7. The van der Waals surface area contributed by atoms with E-state index in [1.165, 1.54) is 0 Å². The molecule has 0 radical (unpaired) electrons. The lowest BCUT2D eigenvalue weighted by atomic mass is 9.92. The summed E-state index contributed by atoms with van der Waals surface area (Å²) in [5.74, 6) is -0.473. The molecule has 0 saturated carbocycles. The second kappa shape index (κ2) is 25.3. The molecule has 18 nitrogen and oxygen atoms in total. The van der Waals surface area contributed by atoms with Crippen molar-refractivity contribution in [1.29, 1.82) is 0 Å². The van der Waals surface area contributed by atoms with Crippen LogP contribution in [-0.2, 0) is 58.7 Å². The molecule has 8 rings (SSSR count). The summed E-state index contributed by atoms with van der Waals surface area (Å²) >= 11 is 13.7. The number of ether oxygens (including phenoxy) is 6. The zero-order valence-electron chi connectivity index (χ0n) is 41.5. The van der Waals surface area contributed by atoms with E-state index in [-0.39, 0.29) is 101 Å². The maximum atomic E-state index is 12.0. The van der Waals surface area contributed by atoms with Crippen molar-refractivity contribution in [3.05, 3.63) is 152 Å². The van der Waals surface area contributed by atoms with Gasteiger partial charge in [0.25, 0.3) is 11.8 Å². The molecule has 20 heteroatoms. The molecule has 2 amide bonds. The van der Waals surface area contributed by atoms with E-state index in [2.05, 4.69) is 21.3 Å². The fraction of sp³-hybridized carbons (Fsp3) is 0.286. The summed E-state index contributed by atoms with van der Waals surface area (Å²) in [6, 6.07) is 27.0. The minimum absolute atomic E-state index is 0.0119. The molecule has 0 aliphatic carbocycles. The molecule has 398 valence electrons. The van der Waals surface area contributed by atoms with Crippen LogP contribution in [0.5, 0.6) is 34.5 Å². The van der Waals surface area contributed by atoms with E-state index in [4.69, 9.17) is 51.6 Å². The highest BCUT2D eigenvalue weighted by molar-refractivity contribution is 6.32. The van der Waals surface area contributed by atoms with Gasteiger partial charge >= 0.3 is 11.9 Å². The SMILES string of the molecule is Cc1c(COc2cc(OCc3cccc4c3OCC(=O)N4)c(CNC(CCO)C(=O)O)cc2Cl)cccc1-c1cccc(COc2cc(OCc3cccc4c3OCC(=O)N4)c(CNC(CCO)C(=O)O)cc2Cl)c1C. The predicted octanol–water partition coefficient (Wildman–Crippen LogP) is 8.11. The Morgan fingerprint density at radius 2 is 0.921 bits per heavy atom. The molecular weight excluding hydrogens is 1020 g/mol. The highest BCUT2D eigenvalue weighted by Crippen LogP contribution is 2.40. The number of fused-ring (bicyclic) bond motifs is 2. The van der Waals surface area contributed by atoms with Crippen molar-refractivity contribution < 1.29 is 68.0 Å². The van der Waals surface area contributed by atoms with E-state index >= 15 is 0 Å². The Morgan fingerprint density at radius 1 is 0.553 bits per heavy atom. The number of rotatable bonds is 25. The molecule has 2 atom stereocenters. The Labute approximate surface area is 447 Å². The first-order valence-electron chi connectivity index (χ1n) is 24.3. The van der Waals surface area contributed by atoms with Crippen molar-refractivity contribution >= 4 is 58.3 Å². The molecule has 6 aromatic carbocycles. The lowest BCUT2D eigenvalue weighted by Crippen LogP contribution is -2.37. The second-order valence-corrected chi connectivity index (χ2v) is 18.8. The van der Waals surface area contributed by atoms with Crippen LogP contribution in [-0.4, -0.2) is 82.7 Å². The molecule has 0 bridgehead atoms. The third-order valence-electron chi connectivity index (χ3n) is 12.9. The van der Waals surface area contributed by atoms with Crippen LogP contribution in [0, 0.1) is 13.8 Å². The third-order valence-corrected chi connectivity index (χ3v) is 13.5. The Morgan fingerprint density at radius 3 is 1.32 bits per heavy atom. The maximum absolute atomic E-state index is 12.0. The smallest absolute Gasteiger partial charge is 0.320 e. The van der Waals surface area contributed by atoms with E-state index in [0.29, 0.717) is 68.1 Å². The monoisotopic (exact) mass is 1080 g/mol. The number of carboxylic acid groups (broad SMARTS) is 2. The van der Waals surface area contributed by atoms with Gasteiger partial charge in [-0.15, -0.1) is 0 Å². The first-order valence-corrected chi connectivity index (χ1v) is 25.0. The van der Waals surface area contributed by atoms with Crippen molar-refractivity contribution in [3.8, 4) is 45.6 Å². The fourth-order valence-electron chi connectivity index (χ4n) is 8.74. The molecule has 0 saturated heterocycles. The summed E-state index contributed by atoms with van der Waals surface area (Å²) in [5, 5.41) is 50.4. The molecule has 76 heavy (non-hydrogen) atoms. The van der Waals surface area contributed by atoms with Gasteiger partial charge in [-0.3, -0.25) is 19.2 Å².